The minimum absolute atomic E-state index is 0.590. The van der Waals surface area contributed by atoms with Gasteiger partial charge in [-0.15, -0.1) is 11.3 Å². The van der Waals surface area contributed by atoms with Gasteiger partial charge in [0.1, 0.15) is 6.10 Å². The molecule has 0 amide bonds. The Bertz CT molecular complexity index is 266. The number of aliphatic hydroxyl groups excluding tert-OH is 1. The summed E-state index contributed by atoms with van der Waals surface area (Å²) in [7, 11) is 0. The third kappa shape index (κ3) is 2.07. The number of halogens is 1. The molecule has 1 unspecified atom stereocenters. The molecule has 1 rings (SSSR count). The first-order valence-electron chi connectivity index (χ1n) is 3.63. The first-order valence-corrected chi connectivity index (χ1v) is 5.30. The number of aliphatic hydroxyl groups is 1. The molecule has 4 heteroatoms. The van der Waals surface area contributed by atoms with Crippen molar-refractivity contribution in [3.05, 3.63) is 20.8 Å². The van der Waals surface area contributed by atoms with Gasteiger partial charge in [0.15, 0.2) is 0 Å². The maximum Gasteiger partial charge on any atom is 0.107 e. The van der Waals surface area contributed by atoms with Crippen molar-refractivity contribution in [3.63, 3.8) is 0 Å². The lowest BCUT2D eigenvalue weighted by molar-refractivity contribution is 0.107. The highest BCUT2D eigenvalue weighted by Crippen LogP contribution is 2.33. The van der Waals surface area contributed by atoms with Gasteiger partial charge in [0.25, 0.3) is 0 Å². The zero-order chi connectivity index (χ0) is 9.35. The van der Waals surface area contributed by atoms with E-state index in [2.05, 4.69) is 15.9 Å². The summed E-state index contributed by atoms with van der Waals surface area (Å²) in [4.78, 5) is 0.891. The second-order valence-electron chi connectivity index (χ2n) is 3.36. The van der Waals surface area contributed by atoms with Crippen LogP contribution < -0.4 is 5.73 Å². The molecule has 0 aliphatic rings. The normalized spacial score (nSPS) is 14.8. The summed E-state index contributed by atoms with van der Waals surface area (Å²) in [6.45, 7) is 3.62. The highest BCUT2D eigenvalue weighted by atomic mass is 79.9. The molecule has 0 bridgehead atoms. The van der Waals surface area contributed by atoms with E-state index in [1.165, 1.54) is 11.3 Å². The lowest BCUT2D eigenvalue weighted by Gasteiger charge is -2.25. The average Bonchev–Trinajstić information content (AvgIpc) is 2.31. The first-order chi connectivity index (χ1) is 5.43. The third-order valence-electron chi connectivity index (χ3n) is 1.60. The van der Waals surface area contributed by atoms with Gasteiger partial charge in [-0.05, 0) is 41.2 Å². The third-order valence-corrected chi connectivity index (χ3v) is 3.52. The smallest absolute Gasteiger partial charge is 0.107 e. The maximum atomic E-state index is 9.78. The van der Waals surface area contributed by atoms with E-state index >= 15 is 0 Å². The van der Waals surface area contributed by atoms with Gasteiger partial charge in [-0.1, -0.05) is 0 Å². The summed E-state index contributed by atoms with van der Waals surface area (Å²) >= 11 is 4.86. The highest BCUT2D eigenvalue weighted by Gasteiger charge is 2.26. The van der Waals surface area contributed by atoms with Crippen molar-refractivity contribution < 1.29 is 5.11 Å². The molecule has 0 fully saturated rings. The van der Waals surface area contributed by atoms with Crippen LogP contribution in [0.15, 0.2) is 15.9 Å². The highest BCUT2D eigenvalue weighted by molar-refractivity contribution is 9.10. The number of hydrogen-bond donors (Lipinski definition) is 2. The molecule has 0 spiro atoms. The van der Waals surface area contributed by atoms with Crippen molar-refractivity contribution in [3.8, 4) is 0 Å². The number of hydrogen-bond acceptors (Lipinski definition) is 3. The SMILES string of the molecule is CC(C)(N)C(O)c1sccc1Br. The molecule has 68 valence electrons. The van der Waals surface area contributed by atoms with Crippen LogP contribution in [0.5, 0.6) is 0 Å². The molecule has 0 radical (unpaired) electrons. The Morgan fingerprint density at radius 3 is 2.58 bits per heavy atom. The van der Waals surface area contributed by atoms with Crippen LogP contribution >= 0.6 is 27.3 Å². The predicted molar refractivity (Wildman–Crippen MR) is 55.2 cm³/mol. The van der Waals surface area contributed by atoms with Crippen molar-refractivity contribution in [2.45, 2.75) is 25.5 Å². The molecule has 0 aromatic carbocycles. The van der Waals surface area contributed by atoms with Crippen LogP contribution in [0.3, 0.4) is 0 Å². The molecule has 1 aromatic rings. The lowest BCUT2D eigenvalue weighted by atomic mass is 9.98. The van der Waals surface area contributed by atoms with Gasteiger partial charge in [0.2, 0.25) is 0 Å². The maximum absolute atomic E-state index is 9.78. The van der Waals surface area contributed by atoms with E-state index in [0.717, 1.165) is 9.35 Å². The molecule has 0 aliphatic heterocycles. The Balaban J connectivity index is 2.92. The molecule has 2 nitrogen and oxygen atoms in total. The summed E-state index contributed by atoms with van der Waals surface area (Å²) in [6.07, 6.45) is -0.605. The van der Waals surface area contributed by atoms with E-state index in [4.69, 9.17) is 5.73 Å². The van der Waals surface area contributed by atoms with E-state index in [9.17, 15) is 5.11 Å². The molecule has 1 heterocycles. The number of thiophene rings is 1. The van der Waals surface area contributed by atoms with Crippen LogP contribution in [-0.4, -0.2) is 10.6 Å². The van der Waals surface area contributed by atoms with Crippen LogP contribution in [0.25, 0.3) is 0 Å². The number of nitrogens with two attached hydrogens (primary N) is 1. The number of rotatable bonds is 2. The monoisotopic (exact) mass is 249 g/mol. The van der Waals surface area contributed by atoms with E-state index < -0.39 is 11.6 Å². The van der Waals surface area contributed by atoms with Crippen LogP contribution in [0.1, 0.15) is 24.8 Å². The van der Waals surface area contributed by atoms with Gasteiger partial charge >= 0.3 is 0 Å². The molecular weight excluding hydrogens is 238 g/mol. The molecule has 1 aromatic heterocycles. The average molecular weight is 250 g/mol. The molecule has 1 atom stereocenters. The summed E-state index contributed by atoms with van der Waals surface area (Å²) in [5, 5.41) is 11.7. The molecule has 0 saturated carbocycles. The first kappa shape index (κ1) is 10.2. The largest absolute Gasteiger partial charge is 0.386 e. The molecular formula is C8H12BrNOS. The summed E-state index contributed by atoms with van der Waals surface area (Å²) in [5.74, 6) is 0. The van der Waals surface area contributed by atoms with E-state index in [-0.39, 0.29) is 0 Å². The van der Waals surface area contributed by atoms with Crippen LogP contribution in [0, 0.1) is 0 Å². The fourth-order valence-electron chi connectivity index (χ4n) is 0.838. The minimum Gasteiger partial charge on any atom is -0.386 e. The van der Waals surface area contributed by atoms with Crippen molar-refractivity contribution in [2.24, 2.45) is 5.73 Å². The van der Waals surface area contributed by atoms with Gasteiger partial charge in [-0.3, -0.25) is 0 Å². The fourth-order valence-corrected chi connectivity index (χ4v) is 2.61. The Labute approximate surface area is 84.5 Å². The van der Waals surface area contributed by atoms with Crippen molar-refractivity contribution in [2.75, 3.05) is 0 Å². The molecule has 0 saturated heterocycles. The Morgan fingerprint density at radius 1 is 1.67 bits per heavy atom. The predicted octanol–water partition coefficient (Wildman–Crippen LogP) is 2.28. The van der Waals surface area contributed by atoms with Gasteiger partial charge in [0.05, 0.1) is 0 Å². The van der Waals surface area contributed by atoms with E-state index in [1.54, 1.807) is 0 Å². The van der Waals surface area contributed by atoms with E-state index in [0.29, 0.717) is 0 Å². The Hall–Kier alpha value is 0.100. The van der Waals surface area contributed by atoms with Crippen LogP contribution in [-0.2, 0) is 0 Å². The minimum atomic E-state index is -0.605. The van der Waals surface area contributed by atoms with Gasteiger partial charge in [0, 0.05) is 14.9 Å². The van der Waals surface area contributed by atoms with Gasteiger partial charge in [-0.2, -0.15) is 0 Å². The Morgan fingerprint density at radius 2 is 2.25 bits per heavy atom. The second kappa shape index (κ2) is 3.46. The standard InChI is InChI=1S/C8H12BrNOS/c1-8(2,10)7(11)6-5(9)3-4-12-6/h3-4,7,11H,10H2,1-2H3. The van der Waals surface area contributed by atoms with Gasteiger partial charge in [-0.25, -0.2) is 0 Å². The Kier molecular flexibility index (Phi) is 2.93. The summed E-state index contributed by atoms with van der Waals surface area (Å²) < 4.78 is 0.929. The van der Waals surface area contributed by atoms with Crippen molar-refractivity contribution in [1.82, 2.24) is 0 Å². The lowest BCUT2D eigenvalue weighted by Crippen LogP contribution is -2.38. The summed E-state index contributed by atoms with van der Waals surface area (Å²) in [5.41, 5.74) is 5.18. The van der Waals surface area contributed by atoms with Crippen molar-refractivity contribution >= 4 is 27.3 Å². The topological polar surface area (TPSA) is 46.2 Å². The molecule has 0 aliphatic carbocycles. The van der Waals surface area contributed by atoms with Gasteiger partial charge < -0.3 is 10.8 Å². The zero-order valence-corrected chi connectivity index (χ0v) is 9.45. The summed E-state index contributed by atoms with van der Waals surface area (Å²) in [6, 6.07) is 1.91. The quantitative estimate of drug-likeness (QED) is 0.845. The second-order valence-corrected chi connectivity index (χ2v) is 5.16. The van der Waals surface area contributed by atoms with Crippen molar-refractivity contribution in [1.29, 1.82) is 0 Å². The fraction of sp³-hybridized carbons (Fsp3) is 0.500. The molecule has 12 heavy (non-hydrogen) atoms. The van der Waals surface area contributed by atoms with E-state index in [1.807, 2.05) is 25.3 Å². The zero-order valence-electron chi connectivity index (χ0n) is 7.04. The molecule has 3 N–H and O–H groups in total. The van der Waals surface area contributed by atoms with Crippen LogP contribution in [0.4, 0.5) is 0 Å². The van der Waals surface area contributed by atoms with Crippen LogP contribution in [0.2, 0.25) is 0 Å².